The molecule has 1 amide bonds. The Bertz CT molecular complexity index is 1350. The molecule has 0 radical (unpaired) electrons. The summed E-state index contributed by atoms with van der Waals surface area (Å²) in [5.41, 5.74) is 3.68. The molecule has 1 unspecified atom stereocenters. The van der Waals surface area contributed by atoms with E-state index in [1.807, 2.05) is 35.2 Å². The summed E-state index contributed by atoms with van der Waals surface area (Å²) in [6, 6.07) is 16.1. The Kier molecular flexibility index (Phi) is 6.06. The Morgan fingerprint density at radius 2 is 1.89 bits per heavy atom. The van der Waals surface area contributed by atoms with Crippen LogP contribution in [0.2, 0.25) is 0 Å². The molecule has 2 aliphatic rings. The maximum atomic E-state index is 13.8. The molecule has 4 aromatic rings. The number of benzene rings is 2. The van der Waals surface area contributed by atoms with Crippen molar-refractivity contribution in [1.82, 2.24) is 15.3 Å². The molecular weight excluding hydrogens is 460 g/mol. The van der Waals surface area contributed by atoms with Crippen LogP contribution >= 0.6 is 11.3 Å². The minimum Gasteiger partial charge on any atom is -0.486 e. The maximum Gasteiger partial charge on any atom is 0.260 e. The molecule has 1 fully saturated rings. The molecule has 2 aliphatic heterocycles. The van der Waals surface area contributed by atoms with Crippen molar-refractivity contribution in [2.45, 2.75) is 25.3 Å². The number of pyridine rings is 1. The van der Waals surface area contributed by atoms with Crippen LogP contribution in [0.25, 0.3) is 21.3 Å². The molecule has 2 aromatic carbocycles. The fourth-order valence-electron chi connectivity index (χ4n) is 4.66. The first-order chi connectivity index (χ1) is 17.2. The largest absolute Gasteiger partial charge is 0.486 e. The predicted octanol–water partition coefficient (Wildman–Crippen LogP) is 4.92. The van der Waals surface area contributed by atoms with Gasteiger partial charge in [0.2, 0.25) is 0 Å². The number of hydrogen-bond donors (Lipinski definition) is 1. The first-order valence-electron chi connectivity index (χ1n) is 12.0. The number of nitrogens with one attached hydrogen (secondary N) is 1. The van der Waals surface area contributed by atoms with Crippen LogP contribution in [0, 0.1) is 0 Å². The summed E-state index contributed by atoms with van der Waals surface area (Å²) in [4.78, 5) is 24.6. The van der Waals surface area contributed by atoms with Crippen molar-refractivity contribution in [1.29, 1.82) is 0 Å². The van der Waals surface area contributed by atoms with Gasteiger partial charge >= 0.3 is 0 Å². The van der Waals surface area contributed by atoms with E-state index in [0.717, 1.165) is 40.7 Å². The second-order valence-electron chi connectivity index (χ2n) is 8.81. The normalized spacial score (nSPS) is 17.0. The maximum absolute atomic E-state index is 13.8. The summed E-state index contributed by atoms with van der Waals surface area (Å²) in [6.07, 6.45) is 6.79. The van der Waals surface area contributed by atoms with Gasteiger partial charge in [0, 0.05) is 30.5 Å². The number of anilines is 1. The lowest BCUT2D eigenvalue weighted by Gasteiger charge is -2.23. The van der Waals surface area contributed by atoms with Gasteiger partial charge in [0.1, 0.15) is 13.2 Å². The Hall–Kier alpha value is -3.49. The zero-order valence-corrected chi connectivity index (χ0v) is 20.1. The van der Waals surface area contributed by atoms with Crippen molar-refractivity contribution in [2.75, 3.05) is 31.2 Å². The number of fused-ring (bicyclic) bond motifs is 2. The van der Waals surface area contributed by atoms with E-state index in [1.165, 1.54) is 6.42 Å². The second kappa shape index (κ2) is 9.64. The average molecular weight is 487 g/mol. The van der Waals surface area contributed by atoms with Crippen LogP contribution in [0.1, 0.15) is 29.6 Å². The minimum absolute atomic E-state index is 0.0756. The van der Waals surface area contributed by atoms with Crippen LogP contribution in [0.3, 0.4) is 0 Å². The van der Waals surface area contributed by atoms with E-state index in [9.17, 15) is 4.79 Å². The van der Waals surface area contributed by atoms with Crippen LogP contribution in [-0.2, 0) is 0 Å². The van der Waals surface area contributed by atoms with E-state index < -0.39 is 0 Å². The van der Waals surface area contributed by atoms with Crippen LogP contribution in [0.15, 0.2) is 60.9 Å². The number of amides is 1. The Morgan fingerprint density at radius 1 is 1.03 bits per heavy atom. The number of carbonyl (C=O) groups is 1. The molecule has 1 atom stereocenters. The summed E-state index contributed by atoms with van der Waals surface area (Å²) < 4.78 is 12.4. The number of aromatic nitrogens is 2. The molecule has 8 heteroatoms. The lowest BCUT2D eigenvalue weighted by molar-refractivity contribution is 0.0984. The Morgan fingerprint density at radius 3 is 2.71 bits per heavy atom. The summed E-state index contributed by atoms with van der Waals surface area (Å²) in [7, 11) is 0. The Labute approximate surface area is 207 Å². The van der Waals surface area contributed by atoms with Gasteiger partial charge in [-0.3, -0.25) is 14.7 Å². The lowest BCUT2D eigenvalue weighted by atomic mass is 10.1. The van der Waals surface area contributed by atoms with Crippen LogP contribution in [0.5, 0.6) is 11.5 Å². The highest BCUT2D eigenvalue weighted by Gasteiger charge is 2.25. The van der Waals surface area contributed by atoms with E-state index in [1.54, 1.807) is 29.8 Å². The van der Waals surface area contributed by atoms with Crippen LogP contribution < -0.4 is 19.7 Å². The Balaban J connectivity index is 1.33. The van der Waals surface area contributed by atoms with Gasteiger partial charge in [-0.1, -0.05) is 17.4 Å². The van der Waals surface area contributed by atoms with Crippen molar-refractivity contribution >= 4 is 32.6 Å². The third kappa shape index (κ3) is 4.59. The number of hydrogen-bond acceptors (Lipinski definition) is 7. The molecule has 0 bridgehead atoms. The minimum atomic E-state index is -0.0756. The van der Waals surface area contributed by atoms with Crippen molar-refractivity contribution in [2.24, 2.45) is 0 Å². The third-order valence-electron chi connectivity index (χ3n) is 6.52. The van der Waals surface area contributed by atoms with E-state index in [-0.39, 0.29) is 5.91 Å². The van der Waals surface area contributed by atoms with E-state index in [2.05, 4.69) is 22.4 Å². The fraction of sp³-hybridized carbons (Fsp3) is 0.296. The van der Waals surface area contributed by atoms with Gasteiger partial charge in [-0.05, 0) is 79.4 Å². The molecule has 1 saturated heterocycles. The standard InChI is InChI=1S/C27H26N4O3S/c32-26(20-4-6-23-24(16-20)34-15-14-33-23)31(13-9-21-2-1-10-29-21)27-30-22-5-3-19(17-25(22)35-27)18-7-11-28-12-8-18/h3-8,11-12,16-17,21,29H,1-2,9-10,13-15H2. The third-order valence-corrected chi connectivity index (χ3v) is 7.56. The van der Waals surface area contributed by atoms with Gasteiger partial charge in [0.25, 0.3) is 5.91 Å². The van der Waals surface area contributed by atoms with Gasteiger partial charge in [0.05, 0.1) is 10.2 Å². The quantitative estimate of drug-likeness (QED) is 0.417. The number of thiazole rings is 1. The molecule has 4 heterocycles. The summed E-state index contributed by atoms with van der Waals surface area (Å²) in [5.74, 6) is 1.22. The highest BCUT2D eigenvalue weighted by Crippen LogP contribution is 2.35. The van der Waals surface area contributed by atoms with E-state index in [0.29, 0.717) is 48.0 Å². The van der Waals surface area contributed by atoms with Gasteiger partial charge in [0.15, 0.2) is 16.6 Å². The van der Waals surface area contributed by atoms with Crippen molar-refractivity contribution < 1.29 is 14.3 Å². The monoisotopic (exact) mass is 486 g/mol. The first kappa shape index (κ1) is 22.0. The van der Waals surface area contributed by atoms with Gasteiger partial charge in [-0.2, -0.15) is 0 Å². The molecule has 35 heavy (non-hydrogen) atoms. The second-order valence-corrected chi connectivity index (χ2v) is 9.82. The molecule has 0 spiro atoms. The zero-order chi connectivity index (χ0) is 23.6. The van der Waals surface area contributed by atoms with E-state index in [4.69, 9.17) is 14.5 Å². The molecule has 6 rings (SSSR count). The number of nitrogens with zero attached hydrogens (tertiary/aromatic N) is 3. The summed E-state index contributed by atoms with van der Waals surface area (Å²) in [6.45, 7) is 2.65. The average Bonchev–Trinajstić information content (AvgIpc) is 3.58. The highest BCUT2D eigenvalue weighted by molar-refractivity contribution is 7.22. The highest BCUT2D eigenvalue weighted by atomic mass is 32.1. The summed E-state index contributed by atoms with van der Waals surface area (Å²) >= 11 is 1.55. The SMILES string of the molecule is O=C(c1ccc2c(c1)OCCO2)N(CCC1CCCN1)c1nc2ccc(-c3ccncc3)cc2s1. The van der Waals surface area contributed by atoms with Gasteiger partial charge in [-0.15, -0.1) is 0 Å². The number of carbonyl (C=O) groups excluding carboxylic acids is 1. The first-order valence-corrected chi connectivity index (χ1v) is 12.8. The molecule has 0 aliphatic carbocycles. The van der Waals surface area contributed by atoms with Gasteiger partial charge < -0.3 is 14.8 Å². The van der Waals surface area contributed by atoms with Crippen molar-refractivity contribution in [3.8, 4) is 22.6 Å². The number of ether oxygens (including phenoxy) is 2. The van der Waals surface area contributed by atoms with E-state index >= 15 is 0 Å². The predicted molar refractivity (Wildman–Crippen MR) is 138 cm³/mol. The number of rotatable bonds is 6. The molecule has 0 saturated carbocycles. The molecule has 2 aromatic heterocycles. The van der Waals surface area contributed by atoms with Crippen LogP contribution in [0.4, 0.5) is 5.13 Å². The molecule has 1 N–H and O–H groups in total. The van der Waals surface area contributed by atoms with Gasteiger partial charge in [-0.25, -0.2) is 4.98 Å². The topological polar surface area (TPSA) is 76.6 Å². The lowest BCUT2D eigenvalue weighted by Crippen LogP contribution is -2.35. The van der Waals surface area contributed by atoms with Crippen LogP contribution in [-0.4, -0.2) is 48.2 Å². The van der Waals surface area contributed by atoms with Crippen molar-refractivity contribution in [3.05, 3.63) is 66.5 Å². The zero-order valence-electron chi connectivity index (χ0n) is 19.3. The molecule has 178 valence electrons. The fourth-order valence-corrected chi connectivity index (χ4v) is 5.69. The molecular formula is C27H26N4O3S. The van der Waals surface area contributed by atoms with Crippen molar-refractivity contribution in [3.63, 3.8) is 0 Å². The summed E-state index contributed by atoms with van der Waals surface area (Å²) in [5, 5.41) is 4.25. The molecule has 7 nitrogen and oxygen atoms in total. The smallest absolute Gasteiger partial charge is 0.260 e.